The molecule has 1 heterocycles. The first-order valence-electron chi connectivity index (χ1n) is 3.70. The van der Waals surface area contributed by atoms with Crippen LogP contribution in [0, 0.1) is 0 Å². The van der Waals surface area contributed by atoms with Crippen molar-refractivity contribution in [2.45, 2.75) is 0 Å². The number of aromatic amines is 1. The minimum atomic E-state index is -2.01. The number of aromatic nitrogens is 1. The normalized spacial score (nSPS) is 13.0. The molecule has 4 nitrogen and oxygen atoms in total. The third-order valence-electron chi connectivity index (χ3n) is 1.76. The van der Waals surface area contributed by atoms with Gasteiger partial charge in [0.05, 0.1) is 5.69 Å². The molecular weight excluding hydrogens is 188 g/mol. The van der Waals surface area contributed by atoms with Gasteiger partial charge in [-0.2, -0.15) is 0 Å². The molecule has 0 bridgehead atoms. The van der Waals surface area contributed by atoms with Gasteiger partial charge in [-0.1, -0.05) is 6.07 Å². The SMILES string of the molecule is O=S(O)Nc1ccc2cc[nH]c2c1. The van der Waals surface area contributed by atoms with Crippen LogP contribution in [-0.4, -0.2) is 13.7 Å². The van der Waals surface area contributed by atoms with Crippen molar-refractivity contribution in [3.05, 3.63) is 30.5 Å². The Hall–Kier alpha value is -1.33. The monoisotopic (exact) mass is 196 g/mol. The van der Waals surface area contributed by atoms with Crippen LogP contribution < -0.4 is 4.72 Å². The third-order valence-corrected chi connectivity index (χ3v) is 2.17. The number of hydrogen-bond acceptors (Lipinski definition) is 1. The highest BCUT2D eigenvalue weighted by molar-refractivity contribution is 7.80. The Bertz CT molecular complexity index is 452. The van der Waals surface area contributed by atoms with Crippen molar-refractivity contribution in [3.8, 4) is 0 Å². The molecule has 68 valence electrons. The van der Waals surface area contributed by atoms with Crippen LogP contribution in [0.4, 0.5) is 5.69 Å². The first-order valence-corrected chi connectivity index (χ1v) is 4.81. The lowest BCUT2D eigenvalue weighted by atomic mass is 10.2. The van der Waals surface area contributed by atoms with Gasteiger partial charge >= 0.3 is 0 Å². The first-order chi connectivity index (χ1) is 6.25. The number of hydrogen-bond donors (Lipinski definition) is 3. The van der Waals surface area contributed by atoms with E-state index in [9.17, 15) is 4.21 Å². The average molecular weight is 196 g/mol. The minimum absolute atomic E-state index is 0.621. The van der Waals surface area contributed by atoms with Gasteiger partial charge in [0.15, 0.2) is 0 Å². The number of rotatable bonds is 2. The van der Waals surface area contributed by atoms with Crippen LogP contribution in [0.5, 0.6) is 0 Å². The summed E-state index contributed by atoms with van der Waals surface area (Å²) in [5, 5.41) is 1.08. The quantitative estimate of drug-likeness (QED) is 0.640. The molecule has 0 saturated heterocycles. The fourth-order valence-corrected chi connectivity index (χ4v) is 1.54. The van der Waals surface area contributed by atoms with Gasteiger partial charge in [-0.05, 0) is 23.6 Å². The fourth-order valence-electron chi connectivity index (χ4n) is 1.21. The molecule has 0 aliphatic carbocycles. The van der Waals surface area contributed by atoms with Crippen molar-refractivity contribution in [1.29, 1.82) is 0 Å². The van der Waals surface area contributed by atoms with E-state index in [0.29, 0.717) is 5.69 Å². The van der Waals surface area contributed by atoms with Gasteiger partial charge in [0, 0.05) is 11.7 Å². The Labute approximate surface area is 77.4 Å². The Kier molecular flexibility index (Phi) is 2.03. The topological polar surface area (TPSA) is 65.1 Å². The molecular formula is C8H8N2O2S. The molecule has 1 aromatic carbocycles. The van der Waals surface area contributed by atoms with E-state index < -0.39 is 11.3 Å². The van der Waals surface area contributed by atoms with E-state index in [4.69, 9.17) is 4.55 Å². The zero-order chi connectivity index (χ0) is 9.26. The van der Waals surface area contributed by atoms with Crippen molar-refractivity contribution in [2.24, 2.45) is 0 Å². The Morgan fingerprint density at radius 1 is 1.38 bits per heavy atom. The molecule has 1 unspecified atom stereocenters. The van der Waals surface area contributed by atoms with Gasteiger partial charge in [-0.25, -0.2) is 4.21 Å². The lowest BCUT2D eigenvalue weighted by molar-refractivity contribution is 0.570. The minimum Gasteiger partial charge on any atom is -0.361 e. The summed E-state index contributed by atoms with van der Waals surface area (Å²) in [5.74, 6) is 0. The molecule has 1 aromatic heterocycles. The Morgan fingerprint density at radius 2 is 2.23 bits per heavy atom. The molecule has 3 N–H and O–H groups in total. The van der Waals surface area contributed by atoms with Gasteiger partial charge in [-0.15, -0.1) is 0 Å². The summed E-state index contributed by atoms with van der Waals surface area (Å²) in [6.07, 6.45) is 1.82. The molecule has 0 spiro atoms. The number of fused-ring (bicyclic) bond motifs is 1. The van der Waals surface area contributed by atoms with E-state index in [-0.39, 0.29) is 0 Å². The lowest BCUT2D eigenvalue weighted by Gasteiger charge is -2.00. The molecule has 0 aliphatic heterocycles. The van der Waals surface area contributed by atoms with Crippen molar-refractivity contribution in [3.63, 3.8) is 0 Å². The van der Waals surface area contributed by atoms with Gasteiger partial charge < -0.3 is 4.98 Å². The van der Waals surface area contributed by atoms with E-state index in [1.807, 2.05) is 18.3 Å². The summed E-state index contributed by atoms with van der Waals surface area (Å²) >= 11 is -2.01. The molecule has 2 aromatic rings. The number of anilines is 1. The molecule has 0 aliphatic rings. The second-order valence-corrected chi connectivity index (χ2v) is 3.33. The Balaban J connectivity index is 2.42. The first kappa shape index (κ1) is 8.28. The zero-order valence-electron chi connectivity index (χ0n) is 6.65. The van der Waals surface area contributed by atoms with Crippen LogP contribution in [0.25, 0.3) is 10.9 Å². The highest BCUT2D eigenvalue weighted by atomic mass is 32.2. The van der Waals surface area contributed by atoms with Crippen molar-refractivity contribution < 1.29 is 8.76 Å². The van der Waals surface area contributed by atoms with Crippen LogP contribution in [-0.2, 0) is 11.3 Å². The van der Waals surface area contributed by atoms with Crippen molar-refractivity contribution >= 4 is 27.9 Å². The van der Waals surface area contributed by atoms with Crippen molar-refractivity contribution in [2.75, 3.05) is 4.72 Å². The number of nitrogens with one attached hydrogen (secondary N) is 2. The highest BCUT2D eigenvalue weighted by Gasteiger charge is 1.98. The molecule has 0 fully saturated rings. The summed E-state index contributed by atoms with van der Waals surface area (Å²) in [6, 6.07) is 7.35. The summed E-state index contributed by atoms with van der Waals surface area (Å²) < 4.78 is 21.4. The zero-order valence-corrected chi connectivity index (χ0v) is 7.47. The molecule has 1 atom stereocenters. The van der Waals surface area contributed by atoms with Crippen molar-refractivity contribution in [1.82, 2.24) is 4.98 Å². The third kappa shape index (κ3) is 1.71. The fraction of sp³-hybridized carbons (Fsp3) is 0. The highest BCUT2D eigenvalue weighted by Crippen LogP contribution is 2.17. The summed E-state index contributed by atoms with van der Waals surface area (Å²) in [4.78, 5) is 3.01. The van der Waals surface area contributed by atoms with E-state index >= 15 is 0 Å². The van der Waals surface area contributed by atoms with E-state index in [0.717, 1.165) is 10.9 Å². The predicted octanol–water partition coefficient (Wildman–Crippen LogP) is 1.72. The average Bonchev–Trinajstić information content (AvgIpc) is 2.49. The summed E-state index contributed by atoms with van der Waals surface area (Å²) in [5.41, 5.74) is 1.56. The number of benzene rings is 1. The second kappa shape index (κ2) is 3.20. The van der Waals surface area contributed by atoms with Crippen LogP contribution in [0.15, 0.2) is 30.5 Å². The molecule has 0 amide bonds. The van der Waals surface area contributed by atoms with Crippen LogP contribution >= 0.6 is 0 Å². The van der Waals surface area contributed by atoms with E-state index in [1.54, 1.807) is 12.1 Å². The maximum Gasteiger partial charge on any atom is 0.259 e. The van der Waals surface area contributed by atoms with Gasteiger partial charge in [0.1, 0.15) is 0 Å². The maximum atomic E-state index is 10.4. The summed E-state index contributed by atoms with van der Waals surface area (Å²) in [7, 11) is 0. The number of H-pyrrole nitrogens is 1. The molecule has 5 heteroatoms. The largest absolute Gasteiger partial charge is 0.361 e. The van der Waals surface area contributed by atoms with Crippen LogP contribution in [0.2, 0.25) is 0 Å². The van der Waals surface area contributed by atoms with Crippen LogP contribution in [0.3, 0.4) is 0 Å². The van der Waals surface area contributed by atoms with E-state index in [2.05, 4.69) is 9.71 Å². The van der Waals surface area contributed by atoms with Gasteiger partial charge in [0.25, 0.3) is 11.3 Å². The predicted molar refractivity (Wildman–Crippen MR) is 52.7 cm³/mol. The van der Waals surface area contributed by atoms with E-state index in [1.165, 1.54) is 0 Å². The smallest absolute Gasteiger partial charge is 0.259 e. The summed E-state index contributed by atoms with van der Waals surface area (Å²) in [6.45, 7) is 0. The second-order valence-electron chi connectivity index (χ2n) is 2.63. The maximum absolute atomic E-state index is 10.4. The van der Waals surface area contributed by atoms with Gasteiger partial charge in [-0.3, -0.25) is 9.27 Å². The molecule has 0 saturated carbocycles. The molecule has 2 rings (SSSR count). The molecule has 0 radical (unpaired) electrons. The van der Waals surface area contributed by atoms with Crippen LogP contribution in [0.1, 0.15) is 0 Å². The molecule has 13 heavy (non-hydrogen) atoms. The van der Waals surface area contributed by atoms with Gasteiger partial charge in [0.2, 0.25) is 0 Å². The standard InChI is InChI=1S/C8H8N2O2S/c11-13(12)10-7-2-1-6-3-4-9-8(6)5-7/h1-5,9-10H,(H,11,12). The lowest BCUT2D eigenvalue weighted by Crippen LogP contribution is -2.01. The Morgan fingerprint density at radius 3 is 3.00 bits per heavy atom.